The molecule has 0 heterocycles. The number of nitriles is 2. The van der Waals surface area contributed by atoms with Gasteiger partial charge in [0.2, 0.25) is 6.19 Å². The second-order valence-electron chi connectivity index (χ2n) is 6.00. The Balaban J connectivity index is 2.15. The van der Waals surface area contributed by atoms with Crippen LogP contribution in [0.4, 0.5) is 8.78 Å². The normalized spacial score (nSPS) is 20.1. The summed E-state index contributed by atoms with van der Waals surface area (Å²) in [5, 5.41) is 27.9. The summed E-state index contributed by atoms with van der Waals surface area (Å²) in [6.07, 6.45) is -0.716. The molecule has 1 unspecified atom stereocenters. The fourth-order valence-electron chi connectivity index (χ4n) is 3.01. The van der Waals surface area contributed by atoms with Gasteiger partial charge in [-0.2, -0.15) is 10.5 Å². The molecule has 27 heavy (non-hydrogen) atoms. The van der Waals surface area contributed by atoms with Crippen molar-refractivity contribution in [2.45, 2.75) is 23.6 Å². The number of aliphatic hydroxyl groups is 1. The van der Waals surface area contributed by atoms with Crippen molar-refractivity contribution < 1.29 is 22.8 Å². The van der Waals surface area contributed by atoms with Gasteiger partial charge in [-0.15, -0.1) is 4.36 Å². The van der Waals surface area contributed by atoms with Gasteiger partial charge >= 0.3 is 0 Å². The van der Waals surface area contributed by atoms with Crippen molar-refractivity contribution in [2.75, 3.05) is 6.26 Å². The number of nitrogens with zero attached hydrogens (tertiary/aromatic N) is 3. The van der Waals surface area contributed by atoms with Gasteiger partial charge in [-0.25, -0.2) is 13.0 Å². The Labute approximate surface area is 154 Å². The summed E-state index contributed by atoms with van der Waals surface area (Å²) in [6, 6.07) is 7.95. The Bertz CT molecular complexity index is 1130. The van der Waals surface area contributed by atoms with Crippen LogP contribution in [0.5, 0.6) is 11.5 Å². The quantitative estimate of drug-likeness (QED) is 0.810. The molecule has 0 fully saturated rings. The zero-order valence-corrected chi connectivity index (χ0v) is 14.8. The average Bonchev–Trinajstić information content (AvgIpc) is 2.90. The van der Waals surface area contributed by atoms with Gasteiger partial charge in [-0.3, -0.25) is 0 Å². The molecular formula is C18H13F2N3O3S. The van der Waals surface area contributed by atoms with E-state index in [1.54, 1.807) is 6.07 Å². The molecule has 1 N–H and O–H groups in total. The Morgan fingerprint density at radius 1 is 1.33 bits per heavy atom. The topological polar surface area (TPSA) is 106 Å². The van der Waals surface area contributed by atoms with Crippen molar-refractivity contribution in [3.05, 3.63) is 52.8 Å². The van der Waals surface area contributed by atoms with E-state index < -0.39 is 27.8 Å². The van der Waals surface area contributed by atoms with Crippen LogP contribution in [-0.2, 0) is 16.1 Å². The lowest BCUT2D eigenvalue weighted by Crippen LogP contribution is -2.10. The number of fused-ring (bicyclic) bond motifs is 1. The summed E-state index contributed by atoms with van der Waals surface area (Å²) < 4.78 is 49.4. The molecule has 1 aliphatic rings. The first-order chi connectivity index (χ1) is 12.8. The zero-order chi connectivity index (χ0) is 19.8. The van der Waals surface area contributed by atoms with E-state index in [1.807, 2.05) is 0 Å². The van der Waals surface area contributed by atoms with E-state index in [-0.39, 0.29) is 39.5 Å². The highest BCUT2D eigenvalue weighted by molar-refractivity contribution is 7.93. The molecule has 0 amide bonds. The second kappa shape index (κ2) is 6.95. The van der Waals surface area contributed by atoms with E-state index >= 15 is 0 Å². The first kappa shape index (κ1) is 18.8. The van der Waals surface area contributed by atoms with E-state index in [0.29, 0.717) is 0 Å². The molecule has 3 atom stereocenters. The van der Waals surface area contributed by atoms with Crippen LogP contribution in [0.3, 0.4) is 0 Å². The van der Waals surface area contributed by atoms with Crippen LogP contribution in [0, 0.1) is 28.6 Å². The van der Waals surface area contributed by atoms with Gasteiger partial charge in [0.1, 0.15) is 29.6 Å². The van der Waals surface area contributed by atoms with Gasteiger partial charge in [-0.1, -0.05) is 0 Å². The summed E-state index contributed by atoms with van der Waals surface area (Å²) in [7, 11) is -3.17. The van der Waals surface area contributed by atoms with Crippen LogP contribution in [0.2, 0.25) is 0 Å². The molecule has 2 aromatic rings. The minimum atomic E-state index is -3.17. The van der Waals surface area contributed by atoms with Crippen molar-refractivity contribution >= 4 is 9.73 Å². The third-order valence-electron chi connectivity index (χ3n) is 4.16. The molecule has 2 aromatic carbocycles. The molecule has 0 saturated heterocycles. The minimum Gasteiger partial charge on any atom is -0.457 e. The van der Waals surface area contributed by atoms with Crippen LogP contribution in [0.1, 0.15) is 22.8 Å². The van der Waals surface area contributed by atoms with Crippen molar-refractivity contribution in [3.8, 4) is 23.8 Å². The van der Waals surface area contributed by atoms with E-state index in [2.05, 4.69) is 4.36 Å². The first-order valence-electron chi connectivity index (χ1n) is 7.73. The van der Waals surface area contributed by atoms with Crippen molar-refractivity contribution in [1.29, 1.82) is 10.5 Å². The predicted molar refractivity (Wildman–Crippen MR) is 91.6 cm³/mol. The van der Waals surface area contributed by atoms with Gasteiger partial charge in [0, 0.05) is 29.9 Å². The van der Waals surface area contributed by atoms with Crippen LogP contribution < -0.4 is 4.74 Å². The third kappa shape index (κ3) is 3.47. The molecular weight excluding hydrogens is 376 g/mol. The van der Waals surface area contributed by atoms with Crippen molar-refractivity contribution in [1.82, 2.24) is 0 Å². The maximum atomic E-state index is 14.2. The van der Waals surface area contributed by atoms with Crippen LogP contribution in [0.15, 0.2) is 39.6 Å². The molecule has 0 spiro atoms. The fraction of sp³-hybridized carbons (Fsp3) is 0.222. The Morgan fingerprint density at radius 2 is 2.07 bits per heavy atom. The Hall–Kier alpha value is -3.01. The number of benzene rings is 2. The Kier molecular flexibility index (Phi) is 4.83. The van der Waals surface area contributed by atoms with E-state index in [0.717, 1.165) is 12.1 Å². The molecule has 138 valence electrons. The lowest BCUT2D eigenvalue weighted by molar-refractivity contribution is 0.0908. The van der Waals surface area contributed by atoms with Crippen molar-refractivity contribution in [3.63, 3.8) is 0 Å². The van der Waals surface area contributed by atoms with Crippen LogP contribution in [0.25, 0.3) is 0 Å². The van der Waals surface area contributed by atoms with E-state index in [1.165, 1.54) is 30.6 Å². The van der Waals surface area contributed by atoms with E-state index in [9.17, 15) is 18.1 Å². The zero-order valence-electron chi connectivity index (χ0n) is 14.0. The molecule has 0 aromatic heterocycles. The number of aliphatic hydroxyl groups excluding tert-OH is 1. The summed E-state index contributed by atoms with van der Waals surface area (Å²) in [5.41, 5.74) is 0.368. The number of halogens is 2. The SMILES string of the molecule is CS(=O)(=NC#N)c1ccc(Oc2cc(F)cc(C#N)c2)c2c1[C@H](O)[C@H](F)C2. The number of hydrogen-bond donors (Lipinski definition) is 1. The molecule has 3 rings (SSSR count). The summed E-state index contributed by atoms with van der Waals surface area (Å²) in [6.45, 7) is 0. The van der Waals surface area contributed by atoms with Crippen molar-refractivity contribution in [2.24, 2.45) is 4.36 Å². The summed E-state index contributed by atoms with van der Waals surface area (Å²) in [5.74, 6) is -0.517. The monoisotopic (exact) mass is 389 g/mol. The fourth-order valence-corrected chi connectivity index (χ4v) is 4.24. The van der Waals surface area contributed by atoms with Gasteiger partial charge in [0.25, 0.3) is 0 Å². The molecule has 6 nitrogen and oxygen atoms in total. The summed E-state index contributed by atoms with van der Waals surface area (Å²) >= 11 is 0. The Morgan fingerprint density at radius 3 is 2.74 bits per heavy atom. The standard InChI is InChI=1S/C18H13F2N3O3S/c1-27(25,23-9-22)16-3-2-15(13-7-14(20)18(24)17(13)16)26-12-5-10(8-21)4-11(19)6-12/h2-6,14,18,24H,7H2,1H3/t14-,18-,27?/m1/s1. The maximum Gasteiger partial charge on any atom is 0.214 e. The second-order valence-corrected chi connectivity index (χ2v) is 8.23. The number of rotatable bonds is 3. The van der Waals surface area contributed by atoms with Gasteiger partial charge in [0.05, 0.1) is 26.3 Å². The lowest BCUT2D eigenvalue weighted by Gasteiger charge is -2.16. The summed E-state index contributed by atoms with van der Waals surface area (Å²) in [4.78, 5) is 0.0519. The first-order valence-corrected chi connectivity index (χ1v) is 9.66. The molecule has 0 radical (unpaired) electrons. The number of ether oxygens (including phenoxy) is 1. The highest BCUT2D eigenvalue weighted by Gasteiger charge is 2.37. The molecule has 0 aliphatic heterocycles. The smallest absolute Gasteiger partial charge is 0.214 e. The van der Waals surface area contributed by atoms with Gasteiger partial charge in [-0.05, 0) is 24.3 Å². The lowest BCUT2D eigenvalue weighted by atomic mass is 10.1. The average molecular weight is 389 g/mol. The predicted octanol–water partition coefficient (Wildman–Crippen LogP) is 3.36. The maximum absolute atomic E-state index is 14.2. The van der Waals surface area contributed by atoms with E-state index in [4.69, 9.17) is 15.3 Å². The van der Waals surface area contributed by atoms with Crippen LogP contribution in [-0.4, -0.2) is 21.7 Å². The largest absolute Gasteiger partial charge is 0.457 e. The molecule has 0 saturated carbocycles. The molecule has 1 aliphatic carbocycles. The minimum absolute atomic E-state index is 0.0252. The van der Waals surface area contributed by atoms with Gasteiger partial charge in [0.15, 0.2) is 0 Å². The molecule has 9 heteroatoms. The highest BCUT2D eigenvalue weighted by Crippen LogP contribution is 2.44. The van der Waals surface area contributed by atoms with Gasteiger partial charge < -0.3 is 9.84 Å². The number of hydrogen-bond acceptors (Lipinski definition) is 6. The third-order valence-corrected chi connectivity index (χ3v) is 5.76. The number of alkyl halides is 1. The highest BCUT2D eigenvalue weighted by atomic mass is 32.2. The molecule has 0 bridgehead atoms. The van der Waals surface area contributed by atoms with Crippen LogP contribution >= 0.6 is 0 Å².